The molecule has 1 atom stereocenters. The lowest BCUT2D eigenvalue weighted by atomic mass is 10.0. The minimum absolute atomic E-state index is 0.00340. The smallest absolute Gasteiger partial charge is 0.408 e. The molecule has 0 bridgehead atoms. The number of nitriles is 1. The molecule has 0 aliphatic carbocycles. The lowest BCUT2D eigenvalue weighted by Crippen LogP contribution is -2.44. The van der Waals surface area contributed by atoms with E-state index < -0.39 is 18.1 Å². The third-order valence-electron chi connectivity index (χ3n) is 5.11. The van der Waals surface area contributed by atoms with E-state index in [1.807, 2.05) is 19.9 Å². The Kier molecular flexibility index (Phi) is 11.3. The van der Waals surface area contributed by atoms with Crippen LogP contribution in [0.5, 0.6) is 0 Å². The van der Waals surface area contributed by atoms with Crippen LogP contribution in [-0.4, -0.2) is 42.3 Å². The maximum Gasteiger partial charge on any atom is 0.408 e. The number of aliphatic carboxylic acids is 1. The second-order valence-corrected chi connectivity index (χ2v) is 8.54. The Hall–Kier alpha value is -3.97. The van der Waals surface area contributed by atoms with Crippen LogP contribution >= 0.6 is 0 Å². The molecule has 0 aliphatic rings. The molecule has 2 rings (SSSR count). The molecule has 0 aromatic heterocycles. The first-order chi connectivity index (χ1) is 17.2. The van der Waals surface area contributed by atoms with Crippen molar-refractivity contribution in [2.45, 2.75) is 45.8 Å². The third-order valence-corrected chi connectivity index (χ3v) is 5.11. The second kappa shape index (κ2) is 14.4. The van der Waals surface area contributed by atoms with Gasteiger partial charge in [-0.25, -0.2) is 14.0 Å². The van der Waals surface area contributed by atoms with Crippen LogP contribution in [0.25, 0.3) is 0 Å². The van der Waals surface area contributed by atoms with Crippen LogP contribution in [0.4, 0.5) is 14.9 Å². The highest BCUT2D eigenvalue weighted by atomic mass is 19.1. The highest BCUT2D eigenvalue weighted by Gasteiger charge is 2.21. The Morgan fingerprint density at radius 3 is 2.47 bits per heavy atom. The molecule has 2 amide bonds. The summed E-state index contributed by atoms with van der Waals surface area (Å²) in [7, 11) is 0. The summed E-state index contributed by atoms with van der Waals surface area (Å²) in [5.74, 6) is -1.55. The molecule has 0 aliphatic heterocycles. The van der Waals surface area contributed by atoms with E-state index in [1.54, 1.807) is 18.2 Å². The van der Waals surface area contributed by atoms with Gasteiger partial charge in [0.2, 0.25) is 5.91 Å². The zero-order valence-corrected chi connectivity index (χ0v) is 20.3. The van der Waals surface area contributed by atoms with Crippen LogP contribution in [0.3, 0.4) is 0 Å². The zero-order chi connectivity index (χ0) is 26.5. The highest BCUT2D eigenvalue weighted by Crippen LogP contribution is 2.18. The van der Waals surface area contributed by atoms with Gasteiger partial charge in [-0.2, -0.15) is 5.26 Å². The largest absolute Gasteiger partial charge is 0.480 e. The number of hydrogen-bond acceptors (Lipinski definition) is 6. The fraction of sp³-hybridized carbons (Fsp3) is 0.385. The standard InChI is InChI=1S/C26H30FN3O6/c1-17(2)10-12-35-16-23(25(32)33)30-26(34)36-15-20-5-8-22(14-19(20)9-11-28)29-24(31)13-18-3-6-21(27)7-4-18/h3-8,14,17,23H,9-10,12-13,15-16H2,1-2H3,(H,29,31)(H,30,34)(H,32,33)/t23-/m0/s1. The molecular formula is C26H30FN3O6. The van der Waals surface area contributed by atoms with Crippen molar-refractivity contribution in [1.29, 1.82) is 5.26 Å². The van der Waals surface area contributed by atoms with E-state index in [1.165, 1.54) is 24.3 Å². The summed E-state index contributed by atoms with van der Waals surface area (Å²) in [5, 5.41) is 23.4. The molecule has 36 heavy (non-hydrogen) atoms. The summed E-state index contributed by atoms with van der Waals surface area (Å²) in [6, 6.07) is 11.2. The highest BCUT2D eigenvalue weighted by molar-refractivity contribution is 5.92. The first-order valence-electron chi connectivity index (χ1n) is 11.4. The van der Waals surface area contributed by atoms with Gasteiger partial charge >= 0.3 is 12.1 Å². The summed E-state index contributed by atoms with van der Waals surface area (Å²) in [5.41, 5.74) is 2.16. The number of anilines is 1. The number of carboxylic acids is 1. The number of carbonyl (C=O) groups excluding carboxylic acids is 2. The number of benzene rings is 2. The number of nitrogens with zero attached hydrogens (tertiary/aromatic N) is 1. The molecule has 0 saturated heterocycles. The van der Waals surface area contributed by atoms with Crippen LogP contribution in [-0.2, 0) is 38.5 Å². The first-order valence-corrected chi connectivity index (χ1v) is 11.4. The predicted molar refractivity (Wildman–Crippen MR) is 130 cm³/mol. The van der Waals surface area contributed by atoms with Gasteiger partial charge in [-0.1, -0.05) is 32.0 Å². The van der Waals surface area contributed by atoms with Crippen molar-refractivity contribution in [3.63, 3.8) is 0 Å². The maximum atomic E-state index is 13.0. The zero-order valence-electron chi connectivity index (χ0n) is 20.3. The Morgan fingerprint density at radius 2 is 1.83 bits per heavy atom. The van der Waals surface area contributed by atoms with Crippen molar-refractivity contribution in [2.24, 2.45) is 5.92 Å². The number of alkyl carbamates (subject to hydrolysis) is 1. The first kappa shape index (κ1) is 28.3. The summed E-state index contributed by atoms with van der Waals surface area (Å²) >= 11 is 0. The summed E-state index contributed by atoms with van der Waals surface area (Å²) in [6.07, 6.45) is -0.121. The number of carboxylic acid groups (broad SMARTS) is 1. The molecule has 0 radical (unpaired) electrons. The van der Waals surface area contributed by atoms with Crippen molar-refractivity contribution in [3.05, 3.63) is 65.0 Å². The van der Waals surface area contributed by atoms with Crippen LogP contribution in [0.2, 0.25) is 0 Å². The average molecular weight is 500 g/mol. The Morgan fingerprint density at radius 1 is 1.11 bits per heavy atom. The average Bonchev–Trinajstić information content (AvgIpc) is 2.82. The molecule has 0 spiro atoms. The van der Waals surface area contributed by atoms with Gasteiger partial charge in [0.05, 0.1) is 25.5 Å². The van der Waals surface area contributed by atoms with Crippen molar-refractivity contribution in [2.75, 3.05) is 18.5 Å². The van der Waals surface area contributed by atoms with E-state index >= 15 is 0 Å². The fourth-order valence-electron chi connectivity index (χ4n) is 3.11. The number of carbonyl (C=O) groups is 3. The lowest BCUT2D eigenvalue weighted by molar-refractivity contribution is -0.141. The summed E-state index contributed by atoms with van der Waals surface area (Å²) in [4.78, 5) is 35.9. The Bertz CT molecular complexity index is 1080. The third kappa shape index (κ3) is 10.1. The normalized spacial score (nSPS) is 11.4. The van der Waals surface area contributed by atoms with Crippen molar-refractivity contribution >= 4 is 23.7 Å². The van der Waals surface area contributed by atoms with Gasteiger partial charge in [0.15, 0.2) is 6.04 Å². The van der Waals surface area contributed by atoms with Crippen LogP contribution in [0.15, 0.2) is 42.5 Å². The van der Waals surface area contributed by atoms with Gasteiger partial charge < -0.3 is 25.2 Å². The molecule has 2 aromatic carbocycles. The van der Waals surface area contributed by atoms with Gasteiger partial charge in [0.1, 0.15) is 12.4 Å². The molecule has 192 valence electrons. The quantitative estimate of drug-likeness (QED) is 0.356. The monoisotopic (exact) mass is 499 g/mol. The van der Waals surface area contributed by atoms with Crippen molar-refractivity contribution in [3.8, 4) is 6.07 Å². The number of halogens is 1. The number of hydrogen-bond donors (Lipinski definition) is 3. The van der Waals surface area contributed by atoms with Gasteiger partial charge in [-0.3, -0.25) is 4.79 Å². The van der Waals surface area contributed by atoms with E-state index in [0.717, 1.165) is 6.42 Å². The number of ether oxygens (including phenoxy) is 2. The van der Waals surface area contributed by atoms with Gasteiger partial charge in [0.25, 0.3) is 0 Å². The maximum absolute atomic E-state index is 13.0. The molecule has 9 nitrogen and oxygen atoms in total. The van der Waals surface area contributed by atoms with E-state index in [9.17, 15) is 23.9 Å². The van der Waals surface area contributed by atoms with Crippen LogP contribution in [0.1, 0.15) is 37.0 Å². The number of nitrogens with one attached hydrogen (secondary N) is 2. The molecule has 0 fully saturated rings. The molecule has 0 heterocycles. The molecule has 2 aromatic rings. The Balaban J connectivity index is 1.93. The van der Waals surface area contributed by atoms with E-state index in [2.05, 4.69) is 10.6 Å². The van der Waals surface area contributed by atoms with E-state index in [4.69, 9.17) is 14.7 Å². The molecule has 10 heteroatoms. The molecule has 3 N–H and O–H groups in total. The van der Waals surface area contributed by atoms with E-state index in [-0.39, 0.29) is 37.8 Å². The SMILES string of the molecule is CC(C)CCOC[C@H](NC(=O)OCc1ccc(NC(=O)Cc2ccc(F)cc2)cc1CC#N)C(=O)O. The van der Waals surface area contributed by atoms with E-state index in [0.29, 0.717) is 34.9 Å². The van der Waals surface area contributed by atoms with Gasteiger partial charge in [-0.05, 0) is 53.3 Å². The predicted octanol–water partition coefficient (Wildman–Crippen LogP) is 3.82. The van der Waals surface area contributed by atoms with Gasteiger partial charge in [0, 0.05) is 12.3 Å². The number of rotatable bonds is 13. The second-order valence-electron chi connectivity index (χ2n) is 8.54. The molecule has 0 saturated carbocycles. The molecular weight excluding hydrogens is 469 g/mol. The topological polar surface area (TPSA) is 138 Å². The fourth-order valence-corrected chi connectivity index (χ4v) is 3.11. The molecule has 0 unspecified atom stereocenters. The Labute approximate surface area is 209 Å². The van der Waals surface area contributed by atoms with Crippen LogP contribution < -0.4 is 10.6 Å². The minimum atomic E-state index is -1.26. The minimum Gasteiger partial charge on any atom is -0.480 e. The lowest BCUT2D eigenvalue weighted by Gasteiger charge is -2.16. The van der Waals surface area contributed by atoms with Crippen LogP contribution in [0, 0.1) is 23.1 Å². The summed E-state index contributed by atoms with van der Waals surface area (Å²) in [6.45, 7) is 4.02. The summed E-state index contributed by atoms with van der Waals surface area (Å²) < 4.78 is 23.5. The van der Waals surface area contributed by atoms with Gasteiger partial charge in [-0.15, -0.1) is 0 Å². The van der Waals surface area contributed by atoms with Crippen molar-refractivity contribution < 1.29 is 33.4 Å². The number of amides is 2. The van der Waals surface area contributed by atoms with Crippen molar-refractivity contribution in [1.82, 2.24) is 5.32 Å².